The molecule has 1 unspecified atom stereocenters. The molecule has 0 spiro atoms. The molecule has 14 heavy (non-hydrogen) atoms. The van der Waals surface area contributed by atoms with E-state index in [2.05, 4.69) is 5.32 Å². The van der Waals surface area contributed by atoms with E-state index in [0.717, 1.165) is 25.9 Å². The molecule has 2 aliphatic rings. The van der Waals surface area contributed by atoms with Crippen molar-refractivity contribution in [2.75, 3.05) is 25.9 Å². The van der Waals surface area contributed by atoms with Crippen LogP contribution in [0.3, 0.4) is 0 Å². The minimum absolute atomic E-state index is 0.0572. The molecule has 1 saturated heterocycles. The highest BCUT2D eigenvalue weighted by Gasteiger charge is 2.34. The Morgan fingerprint density at radius 2 is 2.14 bits per heavy atom. The Hall–Kier alpha value is -0.420. The fourth-order valence-corrected chi connectivity index (χ4v) is 2.85. The lowest BCUT2D eigenvalue weighted by molar-refractivity contribution is -0.133. The fraction of sp³-hybridized carbons (Fsp3) is 0.889. The highest BCUT2D eigenvalue weighted by molar-refractivity contribution is 7.86. The van der Waals surface area contributed by atoms with Gasteiger partial charge in [0.15, 0.2) is 0 Å². The normalized spacial score (nSPS) is 24.5. The molecular weight excluding hydrogens is 200 g/mol. The smallest absolute Gasteiger partial charge is 0.235 e. The number of carbonyl (C=O) groups is 1. The van der Waals surface area contributed by atoms with Crippen molar-refractivity contribution in [1.82, 2.24) is 10.2 Å². The van der Waals surface area contributed by atoms with E-state index < -0.39 is 10.8 Å². The third-order valence-electron chi connectivity index (χ3n) is 2.80. The molecule has 1 heterocycles. The van der Waals surface area contributed by atoms with Gasteiger partial charge in [0, 0.05) is 35.2 Å². The summed E-state index contributed by atoms with van der Waals surface area (Å²) in [5.74, 6) is 0.294. The van der Waals surface area contributed by atoms with Crippen molar-refractivity contribution in [3.05, 3.63) is 0 Å². The first-order valence-electron chi connectivity index (χ1n) is 5.03. The van der Waals surface area contributed by atoms with Crippen molar-refractivity contribution in [2.45, 2.75) is 24.1 Å². The van der Waals surface area contributed by atoms with Crippen LogP contribution in [0.15, 0.2) is 0 Å². The number of amides is 1. The van der Waals surface area contributed by atoms with Crippen LogP contribution in [0.1, 0.15) is 12.8 Å². The second-order valence-corrected chi connectivity index (χ2v) is 5.73. The molecule has 1 aliphatic heterocycles. The molecule has 1 aliphatic carbocycles. The highest BCUT2D eigenvalue weighted by atomic mass is 32.2. The van der Waals surface area contributed by atoms with E-state index in [1.54, 1.807) is 4.90 Å². The molecule has 0 aromatic carbocycles. The van der Waals surface area contributed by atoms with Gasteiger partial charge in [0.2, 0.25) is 5.91 Å². The van der Waals surface area contributed by atoms with Gasteiger partial charge in [-0.2, -0.15) is 0 Å². The summed E-state index contributed by atoms with van der Waals surface area (Å²) in [6.45, 7) is 1.55. The van der Waals surface area contributed by atoms with E-state index in [1.165, 1.54) is 0 Å². The van der Waals surface area contributed by atoms with Crippen LogP contribution >= 0.6 is 0 Å². The summed E-state index contributed by atoms with van der Waals surface area (Å²) in [5, 5.41) is 3.42. The third kappa shape index (κ3) is 2.15. The van der Waals surface area contributed by atoms with E-state index in [-0.39, 0.29) is 11.7 Å². The number of likely N-dealkylation sites (tertiary alicyclic amines) is 1. The van der Waals surface area contributed by atoms with Crippen LogP contribution in [-0.2, 0) is 15.6 Å². The molecule has 0 aromatic heterocycles. The zero-order valence-electron chi connectivity index (χ0n) is 8.36. The van der Waals surface area contributed by atoms with Gasteiger partial charge in [-0.05, 0) is 19.9 Å². The first-order valence-corrected chi connectivity index (χ1v) is 6.41. The van der Waals surface area contributed by atoms with Crippen LogP contribution in [-0.4, -0.2) is 52.2 Å². The quantitative estimate of drug-likeness (QED) is 0.678. The minimum Gasteiger partial charge on any atom is -0.339 e. The lowest BCUT2D eigenvalue weighted by Crippen LogP contribution is -2.59. The van der Waals surface area contributed by atoms with Gasteiger partial charge in [-0.3, -0.25) is 9.00 Å². The van der Waals surface area contributed by atoms with Crippen molar-refractivity contribution < 1.29 is 9.00 Å². The third-order valence-corrected chi connectivity index (χ3v) is 4.55. The van der Waals surface area contributed by atoms with Crippen molar-refractivity contribution in [2.24, 2.45) is 0 Å². The van der Waals surface area contributed by atoms with Gasteiger partial charge in [-0.15, -0.1) is 0 Å². The monoisotopic (exact) mass is 216 g/mol. The minimum atomic E-state index is -0.904. The predicted molar refractivity (Wildman–Crippen MR) is 55.5 cm³/mol. The maximum absolute atomic E-state index is 11.5. The maximum Gasteiger partial charge on any atom is 0.235 e. The van der Waals surface area contributed by atoms with E-state index in [0.29, 0.717) is 11.3 Å². The first-order chi connectivity index (χ1) is 6.70. The molecule has 5 heteroatoms. The molecule has 1 amide bonds. The van der Waals surface area contributed by atoms with Gasteiger partial charge < -0.3 is 10.2 Å². The van der Waals surface area contributed by atoms with Crippen LogP contribution in [0.2, 0.25) is 0 Å². The summed E-state index contributed by atoms with van der Waals surface area (Å²) in [5.41, 5.74) is 0. The van der Waals surface area contributed by atoms with E-state index >= 15 is 0 Å². The molecule has 1 atom stereocenters. The Morgan fingerprint density at radius 1 is 1.50 bits per heavy atom. The van der Waals surface area contributed by atoms with Crippen LogP contribution < -0.4 is 5.32 Å². The topological polar surface area (TPSA) is 49.4 Å². The van der Waals surface area contributed by atoms with Crippen LogP contribution in [0, 0.1) is 0 Å². The average molecular weight is 216 g/mol. The summed E-state index contributed by atoms with van der Waals surface area (Å²) in [4.78, 5) is 13.3. The molecule has 1 N–H and O–H groups in total. The molecule has 0 aromatic rings. The lowest BCUT2D eigenvalue weighted by atomic mass is 10.1. The molecular formula is C9H16N2O2S. The van der Waals surface area contributed by atoms with E-state index in [9.17, 15) is 9.00 Å². The Bertz CT molecular complexity index is 260. The fourth-order valence-electron chi connectivity index (χ4n) is 1.53. The zero-order chi connectivity index (χ0) is 10.1. The summed E-state index contributed by atoms with van der Waals surface area (Å²) in [6.07, 6.45) is 2.08. The average Bonchev–Trinajstić information content (AvgIpc) is 2.83. The summed E-state index contributed by atoms with van der Waals surface area (Å²) in [7, 11) is 0.994. The van der Waals surface area contributed by atoms with Gasteiger partial charge in [-0.25, -0.2) is 0 Å². The molecule has 0 radical (unpaired) electrons. The summed E-state index contributed by atoms with van der Waals surface area (Å²) < 4.78 is 11.5. The Balaban J connectivity index is 1.71. The van der Waals surface area contributed by atoms with Crippen LogP contribution in [0.4, 0.5) is 0 Å². The van der Waals surface area contributed by atoms with Crippen LogP contribution in [0.25, 0.3) is 0 Å². The number of rotatable bonds is 4. The second-order valence-electron chi connectivity index (χ2n) is 4.01. The van der Waals surface area contributed by atoms with Crippen molar-refractivity contribution in [3.63, 3.8) is 0 Å². The highest BCUT2D eigenvalue weighted by Crippen LogP contribution is 2.26. The summed E-state index contributed by atoms with van der Waals surface area (Å²) >= 11 is 0. The number of hydrogen-bond donors (Lipinski definition) is 1. The predicted octanol–water partition coefficient (Wildman–Crippen LogP) is -0.672. The first kappa shape index (κ1) is 10.1. The Morgan fingerprint density at radius 3 is 2.64 bits per heavy atom. The van der Waals surface area contributed by atoms with Crippen molar-refractivity contribution in [3.8, 4) is 0 Å². The number of nitrogens with zero attached hydrogens (tertiary/aromatic N) is 1. The number of likely N-dealkylation sites (N-methyl/N-ethyl adjacent to an activating group) is 1. The SMILES string of the molecule is CNC1CN(C(=O)CS(=O)C2CC2)C1. The largest absolute Gasteiger partial charge is 0.339 e. The van der Waals surface area contributed by atoms with Gasteiger partial charge in [0.05, 0.1) is 0 Å². The zero-order valence-corrected chi connectivity index (χ0v) is 9.18. The van der Waals surface area contributed by atoms with Gasteiger partial charge in [0.1, 0.15) is 5.75 Å². The number of carbonyl (C=O) groups excluding carboxylic acids is 1. The number of nitrogens with one attached hydrogen (secondary N) is 1. The van der Waals surface area contributed by atoms with Gasteiger partial charge in [-0.1, -0.05) is 0 Å². The molecule has 80 valence electrons. The summed E-state index contributed by atoms with van der Waals surface area (Å²) in [6, 6.07) is 0.438. The molecule has 0 bridgehead atoms. The van der Waals surface area contributed by atoms with Crippen LogP contribution in [0.5, 0.6) is 0 Å². The molecule has 2 fully saturated rings. The number of hydrogen-bond acceptors (Lipinski definition) is 3. The lowest BCUT2D eigenvalue weighted by Gasteiger charge is -2.38. The van der Waals surface area contributed by atoms with E-state index in [1.807, 2.05) is 7.05 Å². The molecule has 1 saturated carbocycles. The standard InChI is InChI=1S/C9H16N2O2S/c1-10-7-4-11(5-7)9(12)6-14(13)8-2-3-8/h7-8,10H,2-6H2,1H3. The van der Waals surface area contributed by atoms with Gasteiger partial charge >= 0.3 is 0 Å². The Labute approximate surface area is 86.5 Å². The van der Waals surface area contributed by atoms with Gasteiger partial charge in [0.25, 0.3) is 0 Å². The van der Waals surface area contributed by atoms with E-state index in [4.69, 9.17) is 0 Å². The van der Waals surface area contributed by atoms with Crippen molar-refractivity contribution >= 4 is 16.7 Å². The molecule has 4 nitrogen and oxygen atoms in total. The second kappa shape index (κ2) is 3.98. The maximum atomic E-state index is 11.5. The molecule has 2 rings (SSSR count). The van der Waals surface area contributed by atoms with Crippen molar-refractivity contribution in [1.29, 1.82) is 0 Å². The Kier molecular flexibility index (Phi) is 2.88.